The molecule has 1 N–H and O–H groups in total. The van der Waals surface area contributed by atoms with E-state index in [1.807, 2.05) is 23.1 Å². The third kappa shape index (κ3) is 5.25. The topological polar surface area (TPSA) is 92.1 Å². The van der Waals surface area contributed by atoms with Crippen LogP contribution in [0, 0.1) is 31.6 Å². The van der Waals surface area contributed by atoms with Crippen LogP contribution in [0.2, 0.25) is 0 Å². The number of carbonyl (C=O) groups excluding carboxylic acids is 2. The second-order valence-electron chi connectivity index (χ2n) is 10.5. The van der Waals surface area contributed by atoms with Crippen LogP contribution in [0.4, 0.5) is 0 Å². The van der Waals surface area contributed by atoms with Gasteiger partial charge in [-0.05, 0) is 49.7 Å². The Balaban J connectivity index is 1.17. The zero-order valence-corrected chi connectivity index (χ0v) is 21.1. The van der Waals surface area contributed by atoms with Gasteiger partial charge >= 0.3 is 5.63 Å². The molecular weight excluding hydrogens is 458 g/mol. The lowest BCUT2D eigenvalue weighted by molar-refractivity contribution is -0.125. The van der Waals surface area contributed by atoms with Gasteiger partial charge in [0.25, 0.3) is 5.91 Å². The quantitative estimate of drug-likeness (QED) is 0.638. The van der Waals surface area contributed by atoms with Crippen molar-refractivity contribution in [1.82, 2.24) is 15.1 Å². The number of ether oxygens (including phenoxy) is 1. The molecule has 0 saturated carbocycles. The average molecular weight is 494 g/mol. The number of nitrogens with zero attached hydrogens (tertiary/aromatic N) is 2. The summed E-state index contributed by atoms with van der Waals surface area (Å²) in [5.74, 6) is 1.24. The molecule has 2 aromatic rings. The summed E-state index contributed by atoms with van der Waals surface area (Å²) in [6.45, 7) is 8.86. The Kier molecular flexibility index (Phi) is 7.25. The Bertz CT molecular complexity index is 1120. The van der Waals surface area contributed by atoms with Crippen LogP contribution in [0.25, 0.3) is 0 Å². The molecule has 3 unspecified atom stereocenters. The number of nitrogens with one attached hydrogen (secondary N) is 1. The smallest absolute Gasteiger partial charge is 0.336 e. The van der Waals surface area contributed by atoms with Crippen molar-refractivity contribution >= 4 is 11.8 Å². The van der Waals surface area contributed by atoms with E-state index >= 15 is 0 Å². The minimum absolute atomic E-state index is 0.0310. The molecule has 36 heavy (non-hydrogen) atoms. The average Bonchev–Trinajstić information content (AvgIpc) is 3.58. The third-order valence-corrected chi connectivity index (χ3v) is 7.95. The first-order chi connectivity index (χ1) is 17.4. The Morgan fingerprint density at radius 1 is 1.08 bits per heavy atom. The molecule has 192 valence electrons. The maximum Gasteiger partial charge on any atom is 0.336 e. The number of likely N-dealkylation sites (tertiary alicyclic amines) is 2. The van der Waals surface area contributed by atoms with Crippen LogP contribution in [0.15, 0.2) is 45.6 Å². The molecule has 4 heterocycles. The maximum absolute atomic E-state index is 13.2. The lowest BCUT2D eigenvalue weighted by Gasteiger charge is -2.25. The number of hydrogen-bond donors (Lipinski definition) is 1. The number of amides is 2. The van der Waals surface area contributed by atoms with Crippen molar-refractivity contribution in [2.45, 2.75) is 32.7 Å². The van der Waals surface area contributed by atoms with Crippen molar-refractivity contribution in [3.63, 3.8) is 0 Å². The standard InChI is InChI=1S/C28H35N3O5/c1-18-12-25(32)36-19(2)26(18)28(34)31-15-22-13-30(14-23(22)16-31)10-8-24(20-6-4-3-5-7-20)29-27(33)21-9-11-35-17-21/h3-7,12,21-24H,8-11,13-17H2,1-2H3,(H,29,33)/t21?,22-,23?,24?/m0/s1. The lowest BCUT2D eigenvalue weighted by atomic mass is 10.0. The summed E-state index contributed by atoms with van der Waals surface area (Å²) in [5.41, 5.74) is 1.89. The van der Waals surface area contributed by atoms with Crippen LogP contribution >= 0.6 is 0 Å². The summed E-state index contributed by atoms with van der Waals surface area (Å²) in [7, 11) is 0. The van der Waals surface area contributed by atoms with E-state index in [2.05, 4.69) is 22.3 Å². The molecule has 1 aromatic carbocycles. The lowest BCUT2D eigenvalue weighted by Crippen LogP contribution is -2.37. The van der Waals surface area contributed by atoms with E-state index in [0.717, 1.165) is 51.1 Å². The number of benzene rings is 1. The molecule has 3 aliphatic rings. The molecule has 8 heteroatoms. The Morgan fingerprint density at radius 3 is 2.44 bits per heavy atom. The van der Waals surface area contributed by atoms with Crippen LogP contribution < -0.4 is 10.9 Å². The zero-order chi connectivity index (χ0) is 25.2. The van der Waals surface area contributed by atoms with Gasteiger partial charge in [-0.15, -0.1) is 0 Å². The fraction of sp³-hybridized carbons (Fsp3) is 0.536. The van der Waals surface area contributed by atoms with E-state index in [9.17, 15) is 14.4 Å². The fourth-order valence-corrected chi connectivity index (χ4v) is 6.02. The van der Waals surface area contributed by atoms with Crippen molar-refractivity contribution in [2.75, 3.05) is 45.9 Å². The number of aryl methyl sites for hydroxylation is 2. The van der Waals surface area contributed by atoms with Gasteiger partial charge in [0.2, 0.25) is 5.91 Å². The van der Waals surface area contributed by atoms with E-state index in [1.54, 1.807) is 13.8 Å². The van der Waals surface area contributed by atoms with E-state index < -0.39 is 5.63 Å². The normalized spacial score (nSPS) is 24.6. The van der Waals surface area contributed by atoms with Crippen LogP contribution in [0.3, 0.4) is 0 Å². The van der Waals surface area contributed by atoms with Gasteiger partial charge in [-0.2, -0.15) is 0 Å². The number of fused-ring (bicyclic) bond motifs is 1. The summed E-state index contributed by atoms with van der Waals surface area (Å²) < 4.78 is 10.6. The van der Waals surface area contributed by atoms with Crippen molar-refractivity contribution < 1.29 is 18.7 Å². The molecule has 2 amide bonds. The highest BCUT2D eigenvalue weighted by Gasteiger charge is 2.42. The SMILES string of the molecule is Cc1cc(=O)oc(C)c1C(=O)N1CC2CN(CCC(NC(=O)C3CCOC3)c3ccccc3)C[C@H]2C1. The van der Waals surface area contributed by atoms with Crippen molar-refractivity contribution in [3.8, 4) is 0 Å². The molecule has 5 rings (SSSR count). The van der Waals surface area contributed by atoms with Gasteiger partial charge < -0.3 is 24.3 Å². The first-order valence-corrected chi connectivity index (χ1v) is 12.9. The number of hydrogen-bond acceptors (Lipinski definition) is 6. The second kappa shape index (κ2) is 10.6. The number of carbonyl (C=O) groups is 2. The highest BCUT2D eigenvalue weighted by molar-refractivity contribution is 5.96. The predicted octanol–water partition coefficient (Wildman–Crippen LogP) is 2.54. The van der Waals surface area contributed by atoms with E-state index in [4.69, 9.17) is 9.15 Å². The van der Waals surface area contributed by atoms with Crippen molar-refractivity contribution in [2.24, 2.45) is 17.8 Å². The van der Waals surface area contributed by atoms with Gasteiger partial charge in [0, 0.05) is 45.4 Å². The van der Waals surface area contributed by atoms with Gasteiger partial charge in [-0.3, -0.25) is 9.59 Å². The summed E-state index contributed by atoms with van der Waals surface area (Å²) in [6, 6.07) is 11.5. The molecule has 0 bridgehead atoms. The highest BCUT2D eigenvalue weighted by atomic mass is 16.5. The molecular formula is C28H35N3O5. The molecule has 0 radical (unpaired) electrons. The first-order valence-electron chi connectivity index (χ1n) is 12.9. The van der Waals surface area contributed by atoms with Gasteiger partial charge in [0.15, 0.2) is 0 Å². The van der Waals surface area contributed by atoms with E-state index in [-0.39, 0.29) is 23.8 Å². The zero-order valence-electron chi connectivity index (χ0n) is 21.1. The summed E-state index contributed by atoms with van der Waals surface area (Å²) in [5, 5.41) is 3.27. The van der Waals surface area contributed by atoms with Crippen LogP contribution in [-0.2, 0) is 9.53 Å². The fourth-order valence-electron chi connectivity index (χ4n) is 6.02. The van der Waals surface area contributed by atoms with Crippen molar-refractivity contribution in [1.29, 1.82) is 0 Å². The van der Waals surface area contributed by atoms with E-state index in [1.165, 1.54) is 6.07 Å². The van der Waals surface area contributed by atoms with Crippen LogP contribution in [-0.4, -0.2) is 67.6 Å². The third-order valence-electron chi connectivity index (χ3n) is 7.95. The van der Waals surface area contributed by atoms with Crippen LogP contribution in [0.1, 0.15) is 46.1 Å². The van der Waals surface area contributed by atoms with Gasteiger partial charge in [0.05, 0.1) is 24.1 Å². The molecule has 3 fully saturated rings. The summed E-state index contributed by atoms with van der Waals surface area (Å²) in [6.07, 6.45) is 1.62. The number of rotatable bonds is 7. The minimum Gasteiger partial charge on any atom is -0.427 e. The molecule has 3 aliphatic heterocycles. The van der Waals surface area contributed by atoms with E-state index in [0.29, 0.717) is 41.9 Å². The molecule has 8 nitrogen and oxygen atoms in total. The molecule has 4 atom stereocenters. The Hall–Kier alpha value is -2.97. The Morgan fingerprint density at radius 2 is 1.81 bits per heavy atom. The minimum atomic E-state index is -0.419. The monoisotopic (exact) mass is 493 g/mol. The van der Waals surface area contributed by atoms with Gasteiger partial charge in [-0.25, -0.2) is 4.79 Å². The Labute approximate surface area is 211 Å². The van der Waals surface area contributed by atoms with Gasteiger partial charge in [-0.1, -0.05) is 30.3 Å². The molecule has 1 aromatic heterocycles. The summed E-state index contributed by atoms with van der Waals surface area (Å²) >= 11 is 0. The molecule has 0 spiro atoms. The van der Waals surface area contributed by atoms with Gasteiger partial charge in [0.1, 0.15) is 5.76 Å². The van der Waals surface area contributed by atoms with Crippen molar-refractivity contribution in [3.05, 3.63) is 69.3 Å². The molecule has 0 aliphatic carbocycles. The highest BCUT2D eigenvalue weighted by Crippen LogP contribution is 2.33. The molecule has 3 saturated heterocycles. The second-order valence-corrected chi connectivity index (χ2v) is 10.5. The maximum atomic E-state index is 13.2. The van der Waals surface area contributed by atoms with Crippen LogP contribution in [0.5, 0.6) is 0 Å². The summed E-state index contributed by atoms with van der Waals surface area (Å²) in [4.78, 5) is 42.0. The first kappa shape index (κ1) is 24.7. The predicted molar refractivity (Wildman–Crippen MR) is 135 cm³/mol. The largest absolute Gasteiger partial charge is 0.427 e.